The number of hydrogen-bond acceptors (Lipinski definition) is 5. The second-order valence-electron chi connectivity index (χ2n) is 5.96. The number of carbonyl (C=O) groups excluding carboxylic acids is 1. The maximum Gasteiger partial charge on any atom is 0.241 e. The third-order valence-corrected chi connectivity index (χ3v) is 5.76. The van der Waals surface area contributed by atoms with Crippen LogP contribution in [0.25, 0.3) is 0 Å². The molecular formula is C18H19ClN2O5S. The molecule has 9 heteroatoms. The van der Waals surface area contributed by atoms with Gasteiger partial charge in [-0.2, -0.15) is 4.72 Å². The minimum Gasteiger partial charge on any atom is -0.486 e. The molecule has 3 rings (SSSR count). The molecule has 27 heavy (non-hydrogen) atoms. The Morgan fingerprint density at radius 2 is 1.85 bits per heavy atom. The largest absolute Gasteiger partial charge is 0.486 e. The van der Waals surface area contributed by atoms with E-state index in [0.29, 0.717) is 29.7 Å². The van der Waals surface area contributed by atoms with E-state index in [4.69, 9.17) is 21.1 Å². The summed E-state index contributed by atoms with van der Waals surface area (Å²) in [5, 5.41) is 3.14. The van der Waals surface area contributed by atoms with Gasteiger partial charge in [0.2, 0.25) is 15.9 Å². The molecule has 2 aromatic rings. The van der Waals surface area contributed by atoms with E-state index in [-0.39, 0.29) is 11.4 Å². The van der Waals surface area contributed by atoms with Crippen molar-refractivity contribution in [3.63, 3.8) is 0 Å². The molecule has 2 N–H and O–H groups in total. The summed E-state index contributed by atoms with van der Waals surface area (Å²) in [6, 6.07) is 10.2. The Hall–Kier alpha value is -2.29. The van der Waals surface area contributed by atoms with Crippen LogP contribution in [0, 0.1) is 0 Å². The molecular weight excluding hydrogens is 392 g/mol. The molecule has 0 saturated carbocycles. The lowest BCUT2D eigenvalue weighted by molar-refractivity contribution is -0.122. The first kappa shape index (κ1) is 19.5. The standard InChI is InChI=1S/C18H19ClN2O5S/c1-12(21-27(23,24)15-7-5-14(19)6-8-15)18(22)20-11-13-3-2-4-16-17(13)26-10-9-25-16/h2-8,12,21H,9-11H2,1H3,(H,20,22)/t12-/m0/s1. The summed E-state index contributed by atoms with van der Waals surface area (Å²) in [5.74, 6) is 0.768. The van der Waals surface area contributed by atoms with E-state index in [0.717, 1.165) is 5.56 Å². The van der Waals surface area contributed by atoms with Gasteiger partial charge in [0.05, 0.1) is 10.9 Å². The van der Waals surface area contributed by atoms with Crippen molar-refractivity contribution < 1.29 is 22.7 Å². The fourth-order valence-electron chi connectivity index (χ4n) is 2.58. The molecule has 0 bridgehead atoms. The fraction of sp³-hybridized carbons (Fsp3) is 0.278. The normalized spacial score (nSPS) is 14.4. The number of rotatable bonds is 6. The van der Waals surface area contributed by atoms with Crippen LogP contribution >= 0.6 is 11.6 Å². The molecule has 1 heterocycles. The molecule has 1 atom stereocenters. The van der Waals surface area contributed by atoms with E-state index in [1.54, 1.807) is 6.07 Å². The highest BCUT2D eigenvalue weighted by molar-refractivity contribution is 7.89. The van der Waals surface area contributed by atoms with Crippen LogP contribution in [-0.4, -0.2) is 33.6 Å². The number of carbonyl (C=O) groups is 1. The minimum absolute atomic E-state index is 0.0363. The molecule has 7 nitrogen and oxygen atoms in total. The lowest BCUT2D eigenvalue weighted by atomic mass is 10.1. The number of benzene rings is 2. The van der Waals surface area contributed by atoms with Crippen molar-refractivity contribution in [3.05, 3.63) is 53.1 Å². The molecule has 1 amide bonds. The smallest absolute Gasteiger partial charge is 0.241 e. The van der Waals surface area contributed by atoms with Crippen molar-refractivity contribution in [2.24, 2.45) is 0 Å². The minimum atomic E-state index is -3.83. The summed E-state index contributed by atoms with van der Waals surface area (Å²) in [7, 11) is -3.83. The van der Waals surface area contributed by atoms with Crippen molar-refractivity contribution in [1.82, 2.24) is 10.0 Å². The van der Waals surface area contributed by atoms with Crippen LogP contribution in [0.2, 0.25) is 5.02 Å². The summed E-state index contributed by atoms with van der Waals surface area (Å²) >= 11 is 5.77. The lowest BCUT2D eigenvalue weighted by Crippen LogP contribution is -2.44. The zero-order chi connectivity index (χ0) is 19.4. The van der Waals surface area contributed by atoms with Crippen molar-refractivity contribution in [2.45, 2.75) is 24.4 Å². The zero-order valence-electron chi connectivity index (χ0n) is 14.6. The highest BCUT2D eigenvalue weighted by Gasteiger charge is 2.23. The van der Waals surface area contributed by atoms with Crippen LogP contribution in [0.4, 0.5) is 0 Å². The van der Waals surface area contributed by atoms with Crippen molar-refractivity contribution in [2.75, 3.05) is 13.2 Å². The van der Waals surface area contributed by atoms with E-state index in [1.807, 2.05) is 12.1 Å². The van der Waals surface area contributed by atoms with Crippen LogP contribution in [0.5, 0.6) is 11.5 Å². The van der Waals surface area contributed by atoms with Gasteiger partial charge in [-0.25, -0.2) is 8.42 Å². The summed E-state index contributed by atoms with van der Waals surface area (Å²) in [6.07, 6.45) is 0. The summed E-state index contributed by atoms with van der Waals surface area (Å²) < 4.78 is 38.2. The Kier molecular flexibility index (Phi) is 5.88. The summed E-state index contributed by atoms with van der Waals surface area (Å²) in [4.78, 5) is 12.4. The second-order valence-corrected chi connectivity index (χ2v) is 8.11. The van der Waals surface area contributed by atoms with E-state index < -0.39 is 22.0 Å². The van der Waals surface area contributed by atoms with Gasteiger partial charge in [-0.1, -0.05) is 23.7 Å². The Morgan fingerprint density at radius 3 is 2.59 bits per heavy atom. The van der Waals surface area contributed by atoms with Crippen LogP contribution in [0.3, 0.4) is 0 Å². The van der Waals surface area contributed by atoms with Crippen molar-refractivity contribution >= 4 is 27.5 Å². The van der Waals surface area contributed by atoms with Crippen LogP contribution in [-0.2, 0) is 21.4 Å². The molecule has 0 aliphatic carbocycles. The maximum atomic E-state index is 12.4. The predicted octanol–water partition coefficient (Wildman–Crippen LogP) is 2.09. The highest BCUT2D eigenvalue weighted by atomic mass is 35.5. The Morgan fingerprint density at radius 1 is 1.15 bits per heavy atom. The maximum absolute atomic E-state index is 12.4. The predicted molar refractivity (Wildman–Crippen MR) is 101 cm³/mol. The van der Waals surface area contributed by atoms with Crippen molar-refractivity contribution in [1.29, 1.82) is 0 Å². The molecule has 0 radical (unpaired) electrons. The molecule has 1 aliphatic heterocycles. The number of fused-ring (bicyclic) bond motifs is 1. The van der Waals surface area contributed by atoms with Crippen LogP contribution in [0.15, 0.2) is 47.4 Å². The van der Waals surface area contributed by atoms with Gasteiger partial charge in [0, 0.05) is 17.1 Å². The molecule has 0 aromatic heterocycles. The topological polar surface area (TPSA) is 93.7 Å². The Bertz CT molecular complexity index is 931. The zero-order valence-corrected chi connectivity index (χ0v) is 16.1. The molecule has 0 saturated heterocycles. The molecule has 2 aromatic carbocycles. The van der Waals surface area contributed by atoms with E-state index in [2.05, 4.69) is 10.0 Å². The van der Waals surface area contributed by atoms with Crippen molar-refractivity contribution in [3.8, 4) is 11.5 Å². The van der Waals surface area contributed by atoms with E-state index >= 15 is 0 Å². The SMILES string of the molecule is C[C@H](NS(=O)(=O)c1ccc(Cl)cc1)C(=O)NCc1cccc2c1OCCO2. The van der Waals surface area contributed by atoms with Gasteiger partial charge in [0.25, 0.3) is 0 Å². The summed E-state index contributed by atoms with van der Waals surface area (Å²) in [5.41, 5.74) is 0.758. The quantitative estimate of drug-likeness (QED) is 0.760. The van der Waals surface area contributed by atoms with Gasteiger partial charge >= 0.3 is 0 Å². The van der Waals surface area contributed by atoms with E-state index in [1.165, 1.54) is 31.2 Å². The highest BCUT2D eigenvalue weighted by Crippen LogP contribution is 2.33. The number of para-hydroxylation sites is 1. The first-order chi connectivity index (χ1) is 12.9. The number of sulfonamides is 1. The third kappa shape index (κ3) is 4.71. The van der Waals surface area contributed by atoms with Crippen LogP contribution in [0.1, 0.15) is 12.5 Å². The fourth-order valence-corrected chi connectivity index (χ4v) is 3.91. The number of nitrogens with one attached hydrogen (secondary N) is 2. The number of amides is 1. The number of ether oxygens (including phenoxy) is 2. The molecule has 144 valence electrons. The average molecular weight is 411 g/mol. The Balaban J connectivity index is 1.62. The first-order valence-electron chi connectivity index (χ1n) is 8.30. The number of hydrogen-bond donors (Lipinski definition) is 2. The lowest BCUT2D eigenvalue weighted by Gasteiger charge is -2.21. The van der Waals surface area contributed by atoms with Gasteiger partial charge in [-0.3, -0.25) is 4.79 Å². The third-order valence-electron chi connectivity index (χ3n) is 3.95. The second kappa shape index (κ2) is 8.16. The van der Waals surface area contributed by atoms with Crippen LogP contribution < -0.4 is 19.5 Å². The monoisotopic (exact) mass is 410 g/mol. The molecule has 0 fully saturated rings. The first-order valence-corrected chi connectivity index (χ1v) is 10.2. The van der Waals surface area contributed by atoms with Gasteiger partial charge in [-0.15, -0.1) is 0 Å². The molecule has 1 aliphatic rings. The van der Waals surface area contributed by atoms with E-state index in [9.17, 15) is 13.2 Å². The van der Waals surface area contributed by atoms with Gasteiger partial charge in [0.1, 0.15) is 13.2 Å². The Labute approximate surface area is 162 Å². The number of halogens is 1. The van der Waals surface area contributed by atoms with Gasteiger partial charge in [-0.05, 0) is 37.3 Å². The summed E-state index contributed by atoms with van der Waals surface area (Å²) in [6.45, 7) is 2.59. The average Bonchev–Trinajstić information content (AvgIpc) is 2.66. The molecule has 0 unspecified atom stereocenters. The molecule has 0 spiro atoms. The van der Waals surface area contributed by atoms with Gasteiger partial charge in [0.15, 0.2) is 11.5 Å². The van der Waals surface area contributed by atoms with Gasteiger partial charge < -0.3 is 14.8 Å².